The van der Waals surface area contributed by atoms with Gasteiger partial charge >= 0.3 is 0 Å². The molecule has 0 aliphatic heterocycles. The van der Waals surface area contributed by atoms with Crippen molar-refractivity contribution in [3.8, 4) is 0 Å². The molecule has 0 aliphatic rings. The fourth-order valence-corrected chi connectivity index (χ4v) is 3.92. The molecule has 0 fully saturated rings. The Morgan fingerprint density at radius 1 is 1.23 bits per heavy atom. The molecule has 0 aromatic carbocycles. The van der Waals surface area contributed by atoms with Crippen molar-refractivity contribution < 1.29 is 9.18 Å². The Kier molecular flexibility index (Phi) is 11.7. The molecule has 1 atom stereocenters. The van der Waals surface area contributed by atoms with E-state index in [1.165, 1.54) is 13.8 Å². The molecule has 1 aromatic heterocycles. The lowest BCUT2D eigenvalue weighted by Crippen LogP contribution is -2.45. The van der Waals surface area contributed by atoms with Crippen LogP contribution < -0.4 is 10.6 Å². The molecule has 7 heteroatoms. The SMILES string of the molecule is C=C(/C=C\C(C)=C(/C)N(C(=C)Nc1cc(CCl)ccn1)C(C)(CC)CCC)C(=O)NCC(C)(C)F. The van der Waals surface area contributed by atoms with E-state index in [0.717, 1.165) is 36.1 Å². The second-order valence-electron chi connectivity index (χ2n) is 9.72. The van der Waals surface area contributed by atoms with Crippen LogP contribution in [-0.2, 0) is 10.7 Å². The highest BCUT2D eigenvalue weighted by molar-refractivity contribution is 6.17. The third-order valence-corrected chi connectivity index (χ3v) is 6.32. The van der Waals surface area contributed by atoms with E-state index in [-0.39, 0.29) is 17.7 Å². The van der Waals surface area contributed by atoms with Crippen molar-refractivity contribution in [2.45, 2.75) is 84.8 Å². The Bertz CT molecular complexity index is 964. The zero-order valence-electron chi connectivity index (χ0n) is 22.4. The van der Waals surface area contributed by atoms with Crippen LogP contribution >= 0.6 is 11.6 Å². The van der Waals surface area contributed by atoms with Gasteiger partial charge in [-0.3, -0.25) is 4.79 Å². The van der Waals surface area contributed by atoms with Crippen molar-refractivity contribution in [3.63, 3.8) is 0 Å². The van der Waals surface area contributed by atoms with Gasteiger partial charge < -0.3 is 15.5 Å². The normalized spacial score (nSPS) is 14.2. The number of pyridine rings is 1. The van der Waals surface area contributed by atoms with Crippen molar-refractivity contribution >= 4 is 23.3 Å². The van der Waals surface area contributed by atoms with Gasteiger partial charge in [0.05, 0.1) is 6.54 Å². The molecule has 1 amide bonds. The van der Waals surface area contributed by atoms with Crippen LogP contribution in [0.5, 0.6) is 0 Å². The van der Waals surface area contributed by atoms with Crippen LogP contribution in [0.25, 0.3) is 0 Å². The van der Waals surface area contributed by atoms with Gasteiger partial charge in [0, 0.05) is 28.9 Å². The number of hydrogen-bond donors (Lipinski definition) is 2. The summed E-state index contributed by atoms with van der Waals surface area (Å²) in [7, 11) is 0. The highest BCUT2D eigenvalue weighted by Gasteiger charge is 2.32. The molecule has 0 saturated carbocycles. The van der Waals surface area contributed by atoms with Gasteiger partial charge in [0.25, 0.3) is 5.91 Å². The quantitative estimate of drug-likeness (QED) is 0.159. The van der Waals surface area contributed by atoms with Gasteiger partial charge in [-0.15, -0.1) is 11.6 Å². The molecule has 1 rings (SSSR count). The first-order valence-electron chi connectivity index (χ1n) is 12.1. The maximum absolute atomic E-state index is 13.7. The first-order valence-corrected chi connectivity index (χ1v) is 12.6. The summed E-state index contributed by atoms with van der Waals surface area (Å²) in [4.78, 5) is 18.9. The fraction of sp³-hybridized carbons (Fsp3) is 0.500. The molecule has 0 aliphatic carbocycles. The molecule has 1 aromatic rings. The summed E-state index contributed by atoms with van der Waals surface area (Å²) < 4.78 is 13.7. The number of aromatic nitrogens is 1. The summed E-state index contributed by atoms with van der Waals surface area (Å²) in [6.07, 6.45) is 8.11. The van der Waals surface area contributed by atoms with Gasteiger partial charge in [0.2, 0.25) is 0 Å². The summed E-state index contributed by atoms with van der Waals surface area (Å²) >= 11 is 5.99. The third kappa shape index (κ3) is 9.52. The van der Waals surface area contributed by atoms with Crippen molar-refractivity contribution in [2.24, 2.45) is 0 Å². The van der Waals surface area contributed by atoms with Crippen LogP contribution in [0.15, 0.2) is 66.3 Å². The molecular weight excluding hydrogens is 463 g/mol. The smallest absolute Gasteiger partial charge is 0.250 e. The molecule has 0 bridgehead atoms. The molecule has 5 nitrogen and oxygen atoms in total. The maximum atomic E-state index is 13.7. The van der Waals surface area contributed by atoms with Gasteiger partial charge in [-0.1, -0.05) is 39.5 Å². The van der Waals surface area contributed by atoms with E-state index in [1.807, 2.05) is 32.1 Å². The minimum absolute atomic E-state index is 0.0728. The monoisotopic (exact) mass is 504 g/mol. The maximum Gasteiger partial charge on any atom is 0.250 e. The molecule has 2 N–H and O–H groups in total. The summed E-state index contributed by atoms with van der Waals surface area (Å²) in [5, 5.41) is 5.92. The lowest BCUT2D eigenvalue weighted by atomic mass is 9.89. The standard InChI is InChI=1S/C28H42ClFN4O/c1-10-15-28(9,11-2)34(23(6)33-25-17-24(18-29)14-16-31-25)22(5)20(3)12-13-21(4)26(35)32-19-27(7,8)30/h12-14,16-17H,4,6,10-11,15,18-19H2,1-3,5,7-9H3,(H,31,33)(H,32,35)/b13-12-,22-20+. The molecule has 0 radical (unpaired) electrons. The summed E-state index contributed by atoms with van der Waals surface area (Å²) in [6, 6.07) is 3.79. The number of carbonyl (C=O) groups excluding carboxylic acids is 1. The topological polar surface area (TPSA) is 57.3 Å². The molecule has 1 heterocycles. The number of alkyl halides is 2. The minimum Gasteiger partial charge on any atom is -0.349 e. The number of nitrogens with zero attached hydrogens (tertiary/aromatic N) is 2. The zero-order valence-corrected chi connectivity index (χ0v) is 23.2. The average molecular weight is 505 g/mol. The Labute approximate surface area is 216 Å². The number of carbonyl (C=O) groups is 1. The number of amides is 1. The summed E-state index contributed by atoms with van der Waals surface area (Å²) in [5.74, 6) is 1.39. The number of allylic oxidation sites excluding steroid dienone is 3. The van der Waals surface area contributed by atoms with Gasteiger partial charge in [0.15, 0.2) is 0 Å². The average Bonchev–Trinajstić information content (AvgIpc) is 2.80. The summed E-state index contributed by atoms with van der Waals surface area (Å²) in [6.45, 7) is 21.5. The minimum atomic E-state index is -1.48. The fourth-order valence-electron chi connectivity index (χ4n) is 3.75. The highest BCUT2D eigenvalue weighted by atomic mass is 35.5. The van der Waals surface area contributed by atoms with Gasteiger partial charge in [0.1, 0.15) is 17.3 Å². The first-order chi connectivity index (χ1) is 16.3. The highest BCUT2D eigenvalue weighted by Crippen LogP contribution is 2.34. The number of nitrogens with one attached hydrogen (secondary N) is 2. The van der Waals surface area contributed by atoms with E-state index in [4.69, 9.17) is 11.6 Å². The van der Waals surface area contributed by atoms with E-state index in [1.54, 1.807) is 12.3 Å². The van der Waals surface area contributed by atoms with Crippen LogP contribution in [0.4, 0.5) is 10.2 Å². The van der Waals surface area contributed by atoms with E-state index >= 15 is 0 Å². The number of anilines is 1. The second kappa shape index (κ2) is 13.5. The number of rotatable bonds is 14. The molecular formula is C28H42ClFN4O. The van der Waals surface area contributed by atoms with Crippen LogP contribution in [-0.4, -0.2) is 33.5 Å². The van der Waals surface area contributed by atoms with Crippen molar-refractivity contribution in [1.82, 2.24) is 15.2 Å². The lowest BCUT2D eigenvalue weighted by molar-refractivity contribution is -0.117. The zero-order chi connectivity index (χ0) is 26.8. The largest absolute Gasteiger partial charge is 0.349 e. The Morgan fingerprint density at radius 2 is 1.89 bits per heavy atom. The molecule has 1 unspecified atom stereocenters. The van der Waals surface area contributed by atoms with Gasteiger partial charge in [-0.05, 0) is 76.8 Å². The third-order valence-electron chi connectivity index (χ3n) is 6.01. The van der Waals surface area contributed by atoms with Crippen LogP contribution in [0.1, 0.15) is 73.3 Å². The van der Waals surface area contributed by atoms with Gasteiger partial charge in [-0.2, -0.15) is 0 Å². The molecule has 0 saturated heterocycles. The number of hydrogen-bond acceptors (Lipinski definition) is 4. The number of halogens is 2. The molecule has 35 heavy (non-hydrogen) atoms. The predicted octanol–water partition coefficient (Wildman–Crippen LogP) is 7.24. The van der Waals surface area contributed by atoms with Crippen LogP contribution in [0, 0.1) is 0 Å². The second-order valence-corrected chi connectivity index (χ2v) is 9.99. The Hall–Kier alpha value is -2.60. The van der Waals surface area contributed by atoms with Gasteiger partial charge in [-0.25, -0.2) is 9.37 Å². The van der Waals surface area contributed by atoms with Crippen LogP contribution in [0.2, 0.25) is 0 Å². The predicted molar refractivity (Wildman–Crippen MR) is 147 cm³/mol. The van der Waals surface area contributed by atoms with E-state index < -0.39 is 11.6 Å². The Balaban J connectivity index is 3.25. The molecule has 194 valence electrons. The van der Waals surface area contributed by atoms with Crippen molar-refractivity contribution in [1.29, 1.82) is 0 Å². The Morgan fingerprint density at radius 3 is 2.43 bits per heavy atom. The lowest BCUT2D eigenvalue weighted by Gasteiger charge is -2.44. The van der Waals surface area contributed by atoms with E-state index in [2.05, 4.69) is 54.4 Å². The van der Waals surface area contributed by atoms with E-state index in [9.17, 15) is 9.18 Å². The first kappa shape index (κ1) is 30.4. The van der Waals surface area contributed by atoms with Crippen LogP contribution in [0.3, 0.4) is 0 Å². The van der Waals surface area contributed by atoms with Crippen molar-refractivity contribution in [2.75, 3.05) is 11.9 Å². The molecule has 0 spiro atoms. The van der Waals surface area contributed by atoms with E-state index in [0.29, 0.717) is 17.5 Å². The van der Waals surface area contributed by atoms with Crippen molar-refractivity contribution in [3.05, 3.63) is 71.9 Å². The summed E-state index contributed by atoms with van der Waals surface area (Å²) in [5.41, 5.74) is 1.49.